The second kappa shape index (κ2) is 9.06. The Morgan fingerprint density at radius 1 is 1.16 bits per heavy atom. The third kappa shape index (κ3) is 4.35. The van der Waals surface area contributed by atoms with Gasteiger partial charge in [-0.05, 0) is 50.1 Å². The van der Waals surface area contributed by atoms with Crippen molar-refractivity contribution >= 4 is 0 Å². The van der Waals surface area contributed by atoms with E-state index in [9.17, 15) is 15.5 Å². The van der Waals surface area contributed by atoms with Crippen molar-refractivity contribution in [1.29, 1.82) is 5.26 Å². The Kier molecular flexibility index (Phi) is 6.21. The standard InChI is InChI=1S/C23H23N3O6/c1-12(2)31-18-7-5-15(9-16(18)10-24)22-25-21(26-32-22)17-6-4-14(8-13(17)3)19-20(23(27)28)30-11-29-19/h4-9,12,19-20,23,27-28H,11H2,1-3H3. The molecule has 0 bridgehead atoms. The molecule has 4 rings (SSSR count). The number of nitriles is 1. The molecule has 0 aliphatic carbocycles. The number of hydrogen-bond donors (Lipinski definition) is 2. The molecule has 32 heavy (non-hydrogen) atoms. The van der Waals surface area contributed by atoms with E-state index in [2.05, 4.69) is 16.2 Å². The van der Waals surface area contributed by atoms with Gasteiger partial charge in [0.25, 0.3) is 5.89 Å². The van der Waals surface area contributed by atoms with Crippen molar-refractivity contribution < 1.29 is 28.9 Å². The molecule has 3 aromatic rings. The van der Waals surface area contributed by atoms with Crippen molar-refractivity contribution in [1.82, 2.24) is 10.1 Å². The van der Waals surface area contributed by atoms with Crippen LogP contribution in [0.5, 0.6) is 5.75 Å². The van der Waals surface area contributed by atoms with Crippen LogP contribution in [-0.4, -0.2) is 45.6 Å². The van der Waals surface area contributed by atoms with E-state index in [-0.39, 0.29) is 18.8 Å². The maximum atomic E-state index is 9.48. The van der Waals surface area contributed by atoms with Gasteiger partial charge in [-0.25, -0.2) is 0 Å². The average molecular weight is 437 g/mol. The number of nitrogens with zero attached hydrogens (tertiary/aromatic N) is 3. The fourth-order valence-corrected chi connectivity index (χ4v) is 3.57. The van der Waals surface area contributed by atoms with Crippen LogP contribution in [-0.2, 0) is 9.47 Å². The van der Waals surface area contributed by atoms with Gasteiger partial charge in [-0.1, -0.05) is 23.4 Å². The molecule has 0 amide bonds. The van der Waals surface area contributed by atoms with Crippen LogP contribution in [0.25, 0.3) is 22.8 Å². The minimum absolute atomic E-state index is 0.00631. The average Bonchev–Trinajstić information content (AvgIpc) is 3.43. The minimum atomic E-state index is -1.64. The molecule has 2 atom stereocenters. The number of aromatic nitrogens is 2. The van der Waals surface area contributed by atoms with E-state index in [0.29, 0.717) is 22.7 Å². The van der Waals surface area contributed by atoms with Crippen LogP contribution in [0, 0.1) is 18.3 Å². The molecule has 1 aromatic heterocycles. The SMILES string of the molecule is Cc1cc(C2OCOC2C(O)O)ccc1-c1noc(-c2ccc(OC(C)C)c(C#N)c2)n1. The molecule has 9 heteroatoms. The maximum Gasteiger partial charge on any atom is 0.258 e. The van der Waals surface area contributed by atoms with E-state index in [4.69, 9.17) is 18.7 Å². The molecular formula is C23H23N3O6. The smallest absolute Gasteiger partial charge is 0.258 e. The first kappa shape index (κ1) is 21.9. The molecule has 0 saturated carbocycles. The zero-order valence-corrected chi connectivity index (χ0v) is 17.8. The van der Waals surface area contributed by atoms with Crippen LogP contribution in [0.3, 0.4) is 0 Å². The maximum absolute atomic E-state index is 9.48. The predicted octanol–water partition coefficient (Wildman–Crippen LogP) is 3.10. The summed E-state index contributed by atoms with van der Waals surface area (Å²) in [5, 5.41) is 32.5. The highest BCUT2D eigenvalue weighted by Gasteiger charge is 2.35. The number of ether oxygens (including phenoxy) is 3. The summed E-state index contributed by atoms with van der Waals surface area (Å²) in [4.78, 5) is 4.48. The zero-order chi connectivity index (χ0) is 22.8. The molecule has 2 heterocycles. The lowest BCUT2D eigenvalue weighted by atomic mass is 9.98. The van der Waals surface area contributed by atoms with Gasteiger partial charge in [0, 0.05) is 11.1 Å². The molecule has 2 aromatic carbocycles. The molecule has 1 aliphatic rings. The molecule has 1 saturated heterocycles. The summed E-state index contributed by atoms with van der Waals surface area (Å²) in [6.07, 6.45) is -3.13. The van der Waals surface area contributed by atoms with Crippen LogP contribution in [0.2, 0.25) is 0 Å². The number of aliphatic hydroxyl groups is 2. The number of aliphatic hydroxyl groups excluding tert-OH is 1. The first-order valence-electron chi connectivity index (χ1n) is 10.1. The molecule has 1 aliphatic heterocycles. The van der Waals surface area contributed by atoms with E-state index in [0.717, 1.165) is 16.7 Å². The second-order valence-corrected chi connectivity index (χ2v) is 7.74. The highest BCUT2D eigenvalue weighted by Crippen LogP contribution is 2.34. The van der Waals surface area contributed by atoms with E-state index >= 15 is 0 Å². The van der Waals surface area contributed by atoms with Gasteiger partial charge in [0.2, 0.25) is 5.82 Å². The molecule has 0 radical (unpaired) electrons. The van der Waals surface area contributed by atoms with Gasteiger partial charge in [0.1, 0.15) is 30.8 Å². The van der Waals surface area contributed by atoms with Crippen molar-refractivity contribution in [3.8, 4) is 34.7 Å². The lowest BCUT2D eigenvalue weighted by molar-refractivity contribution is -0.131. The van der Waals surface area contributed by atoms with Crippen molar-refractivity contribution in [2.45, 2.75) is 45.4 Å². The van der Waals surface area contributed by atoms with Gasteiger partial charge in [-0.2, -0.15) is 10.2 Å². The summed E-state index contributed by atoms with van der Waals surface area (Å²) in [6, 6.07) is 12.8. The zero-order valence-electron chi connectivity index (χ0n) is 17.8. The third-order valence-electron chi connectivity index (χ3n) is 5.06. The summed E-state index contributed by atoms with van der Waals surface area (Å²) >= 11 is 0. The lowest BCUT2D eigenvalue weighted by Crippen LogP contribution is -2.30. The highest BCUT2D eigenvalue weighted by atomic mass is 16.7. The van der Waals surface area contributed by atoms with E-state index in [1.807, 2.05) is 32.9 Å². The number of hydrogen-bond acceptors (Lipinski definition) is 9. The summed E-state index contributed by atoms with van der Waals surface area (Å²) in [5.74, 6) is 1.18. The van der Waals surface area contributed by atoms with Gasteiger partial charge in [0.05, 0.1) is 11.7 Å². The van der Waals surface area contributed by atoms with Crippen molar-refractivity contribution in [2.24, 2.45) is 0 Å². The van der Waals surface area contributed by atoms with Crippen LogP contribution >= 0.6 is 0 Å². The van der Waals surface area contributed by atoms with Gasteiger partial charge >= 0.3 is 0 Å². The topological polar surface area (TPSA) is 131 Å². The Morgan fingerprint density at radius 3 is 2.66 bits per heavy atom. The Labute approximate surface area is 184 Å². The Hall–Kier alpha value is -3.29. The predicted molar refractivity (Wildman–Crippen MR) is 112 cm³/mol. The van der Waals surface area contributed by atoms with Crippen LogP contribution < -0.4 is 4.74 Å². The first-order chi connectivity index (χ1) is 15.4. The summed E-state index contributed by atoms with van der Waals surface area (Å²) < 4.78 is 21.8. The number of aryl methyl sites for hydroxylation is 1. The Bertz CT molecular complexity index is 1150. The van der Waals surface area contributed by atoms with Crippen molar-refractivity contribution in [3.63, 3.8) is 0 Å². The summed E-state index contributed by atoms with van der Waals surface area (Å²) in [5.41, 5.74) is 3.36. The van der Waals surface area contributed by atoms with Gasteiger partial charge < -0.3 is 28.9 Å². The Balaban J connectivity index is 1.60. The van der Waals surface area contributed by atoms with E-state index in [1.165, 1.54) is 0 Å². The fourth-order valence-electron chi connectivity index (χ4n) is 3.57. The normalized spacial score (nSPS) is 18.3. The third-order valence-corrected chi connectivity index (χ3v) is 5.06. The van der Waals surface area contributed by atoms with E-state index < -0.39 is 18.5 Å². The second-order valence-electron chi connectivity index (χ2n) is 7.74. The molecule has 0 spiro atoms. The Morgan fingerprint density at radius 2 is 1.97 bits per heavy atom. The fraction of sp³-hybridized carbons (Fsp3) is 0.348. The van der Waals surface area contributed by atoms with Gasteiger partial charge in [0.15, 0.2) is 6.29 Å². The molecule has 2 unspecified atom stereocenters. The van der Waals surface area contributed by atoms with Crippen molar-refractivity contribution in [2.75, 3.05) is 6.79 Å². The molecule has 166 valence electrons. The van der Waals surface area contributed by atoms with E-state index in [1.54, 1.807) is 24.3 Å². The van der Waals surface area contributed by atoms with Crippen LogP contribution in [0.1, 0.15) is 36.6 Å². The summed E-state index contributed by atoms with van der Waals surface area (Å²) in [7, 11) is 0. The molecule has 2 N–H and O–H groups in total. The number of rotatable bonds is 6. The quantitative estimate of drug-likeness (QED) is 0.558. The van der Waals surface area contributed by atoms with Gasteiger partial charge in [-0.3, -0.25) is 0 Å². The summed E-state index contributed by atoms with van der Waals surface area (Å²) in [6.45, 7) is 5.67. The lowest BCUT2D eigenvalue weighted by Gasteiger charge is -2.19. The van der Waals surface area contributed by atoms with Crippen molar-refractivity contribution in [3.05, 3.63) is 53.1 Å². The first-order valence-corrected chi connectivity index (χ1v) is 10.1. The van der Waals surface area contributed by atoms with Crippen LogP contribution in [0.15, 0.2) is 40.9 Å². The molecule has 1 fully saturated rings. The van der Waals surface area contributed by atoms with Crippen LogP contribution in [0.4, 0.5) is 0 Å². The largest absolute Gasteiger partial charge is 0.490 e. The molecular weight excluding hydrogens is 414 g/mol. The number of benzene rings is 2. The monoisotopic (exact) mass is 437 g/mol. The minimum Gasteiger partial charge on any atom is -0.490 e. The van der Waals surface area contributed by atoms with Gasteiger partial charge in [-0.15, -0.1) is 0 Å². The molecule has 9 nitrogen and oxygen atoms in total. The highest BCUT2D eigenvalue weighted by molar-refractivity contribution is 5.65.